The molecule has 3 aliphatic rings. The summed E-state index contributed by atoms with van der Waals surface area (Å²) < 4.78 is 0. The molecular weight excluding hydrogens is 480 g/mol. The minimum Gasteiger partial charge on any atom is -0.371 e. The van der Waals surface area contributed by atoms with E-state index in [2.05, 4.69) is 78.3 Å². The fourth-order valence-corrected chi connectivity index (χ4v) is 7.07. The smallest absolute Gasteiger partial charge is 0.277 e. The fraction of sp³-hybridized carbons (Fsp3) is 0.400. The highest BCUT2D eigenvalue weighted by molar-refractivity contribution is 6.24. The standard InChI is InChI=1S/C35H38N2O2/c1-3-5-18-30-32-26(34(39)36-30)20-21-29(33(32)37-22-12-7-13-23-37)35(31(38)19-6-4-2)27-16-10-8-14-24(27)25-15-9-11-17-28(25)35/h8-11,14-17,20-21H,3-7,12-13,18-19,22-23H2,1-2H3. The Hall–Kier alpha value is -3.53. The lowest BCUT2D eigenvalue weighted by Gasteiger charge is -2.39. The molecule has 39 heavy (non-hydrogen) atoms. The van der Waals surface area contributed by atoms with Crippen molar-refractivity contribution in [1.82, 2.24) is 0 Å². The molecule has 1 saturated heterocycles. The molecule has 6 rings (SSSR count). The van der Waals surface area contributed by atoms with Crippen LogP contribution in [0.4, 0.5) is 5.69 Å². The SMILES string of the molecule is CCCCC(=O)C1(c2ccc3c(c2N2CCCCC2)C(CCCC)=NC3=O)c2ccccc2-c2ccccc21. The number of rotatable bonds is 9. The molecule has 0 spiro atoms. The van der Waals surface area contributed by atoms with Crippen LogP contribution in [0.5, 0.6) is 0 Å². The minimum atomic E-state index is -0.911. The van der Waals surface area contributed by atoms with Gasteiger partial charge in [-0.15, -0.1) is 0 Å². The van der Waals surface area contributed by atoms with Crippen LogP contribution in [0.3, 0.4) is 0 Å². The molecule has 0 unspecified atom stereocenters. The number of amides is 1. The minimum absolute atomic E-state index is 0.139. The first kappa shape index (κ1) is 25.7. The number of fused-ring (bicyclic) bond motifs is 4. The second-order valence-corrected chi connectivity index (χ2v) is 11.3. The number of hydrogen-bond donors (Lipinski definition) is 0. The van der Waals surface area contributed by atoms with E-state index in [4.69, 9.17) is 0 Å². The summed E-state index contributed by atoms with van der Waals surface area (Å²) in [5.41, 5.74) is 8.19. The number of unbranched alkanes of at least 4 members (excludes halogenated alkanes) is 2. The van der Waals surface area contributed by atoms with Gasteiger partial charge in [0.2, 0.25) is 0 Å². The zero-order chi connectivity index (χ0) is 27.0. The average molecular weight is 519 g/mol. The maximum Gasteiger partial charge on any atom is 0.277 e. The zero-order valence-corrected chi connectivity index (χ0v) is 23.3. The first-order valence-corrected chi connectivity index (χ1v) is 14.9. The molecule has 4 heteroatoms. The van der Waals surface area contributed by atoms with Gasteiger partial charge < -0.3 is 4.90 Å². The molecule has 1 fully saturated rings. The summed E-state index contributed by atoms with van der Waals surface area (Å²) in [6, 6.07) is 21.0. The fourth-order valence-electron chi connectivity index (χ4n) is 7.07. The van der Waals surface area contributed by atoms with E-state index in [-0.39, 0.29) is 11.7 Å². The predicted octanol–water partition coefficient (Wildman–Crippen LogP) is 7.88. The normalized spacial score (nSPS) is 17.0. The van der Waals surface area contributed by atoms with Crippen LogP contribution >= 0.6 is 0 Å². The number of hydrogen-bond acceptors (Lipinski definition) is 3. The Morgan fingerprint density at radius 3 is 2.08 bits per heavy atom. The molecule has 0 bridgehead atoms. The Labute approximate surface area is 232 Å². The Morgan fingerprint density at radius 2 is 1.44 bits per heavy atom. The topological polar surface area (TPSA) is 49.7 Å². The zero-order valence-electron chi connectivity index (χ0n) is 23.3. The molecule has 0 aromatic heterocycles. The molecule has 0 saturated carbocycles. The third kappa shape index (κ3) is 3.99. The van der Waals surface area contributed by atoms with Gasteiger partial charge >= 0.3 is 0 Å². The van der Waals surface area contributed by atoms with Crippen LogP contribution in [0, 0.1) is 0 Å². The van der Waals surface area contributed by atoms with Crippen molar-refractivity contribution >= 4 is 23.1 Å². The van der Waals surface area contributed by atoms with Gasteiger partial charge in [-0.25, -0.2) is 4.99 Å². The summed E-state index contributed by atoms with van der Waals surface area (Å²) in [6.45, 7) is 6.18. The lowest BCUT2D eigenvalue weighted by atomic mass is 9.66. The van der Waals surface area contributed by atoms with Crippen molar-refractivity contribution in [1.29, 1.82) is 0 Å². The van der Waals surface area contributed by atoms with Gasteiger partial charge in [-0.1, -0.05) is 81.3 Å². The Bertz CT molecular complexity index is 1420. The summed E-state index contributed by atoms with van der Waals surface area (Å²) >= 11 is 0. The van der Waals surface area contributed by atoms with E-state index >= 15 is 0 Å². The van der Waals surface area contributed by atoms with Gasteiger partial charge in [-0.3, -0.25) is 9.59 Å². The van der Waals surface area contributed by atoms with Crippen LogP contribution in [0.15, 0.2) is 65.7 Å². The molecule has 0 radical (unpaired) electrons. The van der Waals surface area contributed by atoms with Crippen molar-refractivity contribution in [2.24, 2.45) is 4.99 Å². The van der Waals surface area contributed by atoms with Crippen molar-refractivity contribution in [3.63, 3.8) is 0 Å². The quantitative estimate of drug-likeness (QED) is 0.289. The molecule has 1 aliphatic carbocycles. The number of anilines is 1. The van der Waals surface area contributed by atoms with Gasteiger partial charge in [-0.2, -0.15) is 0 Å². The number of piperidine rings is 1. The lowest BCUT2D eigenvalue weighted by molar-refractivity contribution is -0.122. The number of carbonyl (C=O) groups is 2. The number of aliphatic imine (C=N–C) groups is 1. The van der Waals surface area contributed by atoms with Crippen LogP contribution in [-0.2, 0) is 10.2 Å². The number of carbonyl (C=O) groups excluding carboxylic acids is 2. The first-order valence-electron chi connectivity index (χ1n) is 14.9. The maximum absolute atomic E-state index is 14.8. The monoisotopic (exact) mass is 518 g/mol. The predicted molar refractivity (Wildman–Crippen MR) is 159 cm³/mol. The molecular formula is C35H38N2O2. The number of ketones is 1. The van der Waals surface area contributed by atoms with Gasteiger partial charge in [0, 0.05) is 25.1 Å². The van der Waals surface area contributed by atoms with Crippen LogP contribution < -0.4 is 4.90 Å². The highest BCUT2D eigenvalue weighted by Gasteiger charge is 2.52. The molecule has 0 N–H and O–H groups in total. The Morgan fingerprint density at radius 1 is 0.795 bits per heavy atom. The highest BCUT2D eigenvalue weighted by Crippen LogP contribution is 2.56. The lowest BCUT2D eigenvalue weighted by Crippen LogP contribution is -2.40. The molecule has 200 valence electrons. The van der Waals surface area contributed by atoms with E-state index in [1.54, 1.807) is 0 Å². The summed E-state index contributed by atoms with van der Waals surface area (Å²) in [6.07, 6.45) is 8.60. The van der Waals surface area contributed by atoms with E-state index in [1.165, 1.54) is 6.42 Å². The summed E-state index contributed by atoms with van der Waals surface area (Å²) in [7, 11) is 0. The second kappa shape index (κ2) is 10.6. The Kier molecular flexibility index (Phi) is 6.97. The number of benzene rings is 3. The van der Waals surface area contributed by atoms with E-state index < -0.39 is 5.41 Å². The van der Waals surface area contributed by atoms with Gasteiger partial charge in [0.15, 0.2) is 5.78 Å². The molecule has 3 aromatic rings. The molecule has 0 atom stereocenters. The number of Topliss-reactive ketones (excluding diaryl/α,β-unsaturated/α-hetero) is 1. The molecule has 4 nitrogen and oxygen atoms in total. The number of nitrogens with zero attached hydrogens (tertiary/aromatic N) is 2. The van der Waals surface area contributed by atoms with E-state index in [1.807, 2.05) is 6.07 Å². The van der Waals surface area contributed by atoms with Crippen molar-refractivity contribution < 1.29 is 9.59 Å². The molecule has 2 aliphatic heterocycles. The first-order chi connectivity index (χ1) is 19.1. The summed E-state index contributed by atoms with van der Waals surface area (Å²) in [4.78, 5) is 35.0. The molecule has 3 aromatic carbocycles. The van der Waals surface area contributed by atoms with Gasteiger partial charge in [-0.05, 0) is 72.4 Å². The van der Waals surface area contributed by atoms with E-state index in [9.17, 15) is 9.59 Å². The molecule has 1 amide bonds. The van der Waals surface area contributed by atoms with Crippen molar-refractivity contribution in [2.45, 2.75) is 77.0 Å². The van der Waals surface area contributed by atoms with Gasteiger partial charge in [0.25, 0.3) is 5.91 Å². The van der Waals surface area contributed by atoms with Crippen molar-refractivity contribution in [3.8, 4) is 11.1 Å². The highest BCUT2D eigenvalue weighted by atomic mass is 16.1. The third-order valence-corrected chi connectivity index (χ3v) is 8.90. The maximum atomic E-state index is 14.8. The van der Waals surface area contributed by atoms with Crippen LogP contribution in [0.1, 0.15) is 104 Å². The van der Waals surface area contributed by atoms with Crippen molar-refractivity contribution in [3.05, 3.63) is 88.5 Å². The largest absolute Gasteiger partial charge is 0.371 e. The molecule has 2 heterocycles. The van der Waals surface area contributed by atoms with Crippen LogP contribution in [0.25, 0.3) is 11.1 Å². The average Bonchev–Trinajstić information content (AvgIpc) is 3.47. The van der Waals surface area contributed by atoms with Crippen LogP contribution in [0.2, 0.25) is 0 Å². The van der Waals surface area contributed by atoms with E-state index in [0.717, 1.165) is 103 Å². The Balaban J connectivity index is 1.70. The van der Waals surface area contributed by atoms with Gasteiger partial charge in [0.1, 0.15) is 5.41 Å². The van der Waals surface area contributed by atoms with Gasteiger partial charge in [0.05, 0.1) is 17.0 Å². The second-order valence-electron chi connectivity index (χ2n) is 11.3. The van der Waals surface area contributed by atoms with Crippen molar-refractivity contribution in [2.75, 3.05) is 18.0 Å². The summed E-state index contributed by atoms with van der Waals surface area (Å²) in [5, 5.41) is 0. The summed E-state index contributed by atoms with van der Waals surface area (Å²) in [5.74, 6) is 0.107. The third-order valence-electron chi connectivity index (χ3n) is 8.90. The van der Waals surface area contributed by atoms with E-state index in [0.29, 0.717) is 12.0 Å². The van der Waals surface area contributed by atoms with Crippen LogP contribution in [-0.4, -0.2) is 30.5 Å².